The molecule has 0 unspecified atom stereocenters. The molecule has 1 N–H and O–H groups in total. The molecule has 0 saturated carbocycles. The van der Waals surface area contributed by atoms with Crippen LogP contribution in [-0.4, -0.2) is 18.1 Å². The molecule has 0 aliphatic heterocycles. The summed E-state index contributed by atoms with van der Waals surface area (Å²) in [6.07, 6.45) is 0.306. The average Bonchev–Trinajstić information content (AvgIpc) is 1.79. The quantitative estimate of drug-likeness (QED) is 0.527. The van der Waals surface area contributed by atoms with Gasteiger partial charge in [0.05, 0.1) is 6.42 Å². The van der Waals surface area contributed by atoms with Crippen LogP contribution in [0.25, 0.3) is 0 Å². The lowest BCUT2D eigenvalue weighted by Crippen LogP contribution is -2.25. The molecule has 0 rings (SSSR count). The smallest absolute Gasteiger partial charge is 0.307 e. The van der Waals surface area contributed by atoms with Crippen LogP contribution in [0.15, 0.2) is 0 Å². The number of halogens is 1. The minimum Gasteiger partial charge on any atom is -0.460 e. The Morgan fingerprint density at radius 2 is 2.09 bits per heavy atom. The van der Waals surface area contributed by atoms with E-state index >= 15 is 0 Å². The number of ether oxygens (including phenoxy) is 1. The largest absolute Gasteiger partial charge is 0.460 e. The van der Waals surface area contributed by atoms with Crippen LogP contribution < -0.4 is 4.84 Å². The summed E-state index contributed by atoms with van der Waals surface area (Å²) in [5.74, 6) is -0.231. The lowest BCUT2D eigenvalue weighted by Gasteiger charge is -2.19. The summed E-state index contributed by atoms with van der Waals surface area (Å²) in [5.41, 5.74) is -0.399. The molecular formula is C7H14ClNO2. The van der Waals surface area contributed by atoms with E-state index in [1.807, 2.05) is 20.8 Å². The maximum Gasteiger partial charge on any atom is 0.307 e. The number of carbonyl (C=O) groups excluding carboxylic acids is 1. The summed E-state index contributed by atoms with van der Waals surface area (Å²) in [6.45, 7) is 5.94. The first-order valence-corrected chi connectivity index (χ1v) is 3.89. The van der Waals surface area contributed by atoms with Gasteiger partial charge in [0.1, 0.15) is 5.60 Å². The molecule has 66 valence electrons. The van der Waals surface area contributed by atoms with Gasteiger partial charge in [0.2, 0.25) is 0 Å². The Balaban J connectivity index is 3.53. The second-order valence-electron chi connectivity index (χ2n) is 3.22. The lowest BCUT2D eigenvalue weighted by molar-refractivity contribution is -0.154. The van der Waals surface area contributed by atoms with E-state index in [1.54, 1.807) is 0 Å². The van der Waals surface area contributed by atoms with E-state index in [0.717, 1.165) is 0 Å². The third-order valence-corrected chi connectivity index (χ3v) is 1.03. The SMILES string of the molecule is CC(C)(C)OC(=O)CCNCl. The number of esters is 1. The fraction of sp³-hybridized carbons (Fsp3) is 0.857. The van der Waals surface area contributed by atoms with Gasteiger partial charge in [0, 0.05) is 6.54 Å². The van der Waals surface area contributed by atoms with E-state index in [1.165, 1.54) is 0 Å². The Labute approximate surface area is 72.2 Å². The second-order valence-corrected chi connectivity index (χ2v) is 3.49. The number of nitrogens with one attached hydrogen (secondary N) is 1. The Morgan fingerprint density at radius 3 is 2.45 bits per heavy atom. The molecule has 0 heterocycles. The van der Waals surface area contributed by atoms with Crippen molar-refractivity contribution in [2.24, 2.45) is 0 Å². The van der Waals surface area contributed by atoms with Gasteiger partial charge in [-0.25, -0.2) is 4.84 Å². The van der Waals surface area contributed by atoms with Crippen molar-refractivity contribution in [3.63, 3.8) is 0 Å². The summed E-state index contributed by atoms with van der Waals surface area (Å²) in [6, 6.07) is 0. The summed E-state index contributed by atoms with van der Waals surface area (Å²) < 4.78 is 5.00. The van der Waals surface area contributed by atoms with E-state index in [0.29, 0.717) is 13.0 Å². The van der Waals surface area contributed by atoms with Crippen molar-refractivity contribution in [2.45, 2.75) is 32.8 Å². The van der Waals surface area contributed by atoms with Crippen molar-refractivity contribution < 1.29 is 9.53 Å². The van der Waals surface area contributed by atoms with Crippen molar-refractivity contribution in [3.8, 4) is 0 Å². The van der Waals surface area contributed by atoms with Crippen LogP contribution in [0.3, 0.4) is 0 Å². The van der Waals surface area contributed by atoms with E-state index in [4.69, 9.17) is 16.5 Å². The van der Waals surface area contributed by atoms with Crippen molar-refractivity contribution in [1.82, 2.24) is 4.84 Å². The molecule has 3 nitrogen and oxygen atoms in total. The van der Waals surface area contributed by atoms with Gasteiger partial charge in [-0.15, -0.1) is 0 Å². The molecule has 0 saturated heterocycles. The third kappa shape index (κ3) is 7.62. The molecule has 0 aromatic heterocycles. The standard InChI is InChI=1S/C7H14ClNO2/c1-7(2,3)11-6(10)4-5-9-8/h9H,4-5H2,1-3H3. The highest BCUT2D eigenvalue weighted by Crippen LogP contribution is 2.07. The van der Waals surface area contributed by atoms with Gasteiger partial charge in [-0.2, -0.15) is 0 Å². The van der Waals surface area contributed by atoms with Crippen molar-refractivity contribution >= 4 is 17.7 Å². The van der Waals surface area contributed by atoms with Crippen molar-refractivity contribution in [1.29, 1.82) is 0 Å². The van der Waals surface area contributed by atoms with E-state index in [-0.39, 0.29) is 5.97 Å². The lowest BCUT2D eigenvalue weighted by atomic mass is 10.2. The molecule has 4 heteroatoms. The highest BCUT2D eigenvalue weighted by atomic mass is 35.5. The minimum absolute atomic E-state index is 0.231. The molecule has 0 aliphatic rings. The van der Waals surface area contributed by atoms with E-state index in [9.17, 15) is 4.79 Å². The number of hydrogen-bond donors (Lipinski definition) is 1. The fourth-order valence-electron chi connectivity index (χ4n) is 0.542. The summed E-state index contributed by atoms with van der Waals surface area (Å²) in [5, 5.41) is 0. The molecule has 0 bridgehead atoms. The van der Waals surface area contributed by atoms with Crippen molar-refractivity contribution in [3.05, 3.63) is 0 Å². The molecule has 0 spiro atoms. The van der Waals surface area contributed by atoms with Gasteiger partial charge in [0.15, 0.2) is 0 Å². The van der Waals surface area contributed by atoms with Crippen LogP contribution in [0.2, 0.25) is 0 Å². The van der Waals surface area contributed by atoms with Crippen molar-refractivity contribution in [2.75, 3.05) is 6.54 Å². The molecule has 11 heavy (non-hydrogen) atoms. The maximum atomic E-state index is 10.9. The zero-order valence-electron chi connectivity index (χ0n) is 7.11. The van der Waals surface area contributed by atoms with Crippen LogP contribution in [0.1, 0.15) is 27.2 Å². The first kappa shape index (κ1) is 10.7. The monoisotopic (exact) mass is 179 g/mol. The molecule has 0 aliphatic carbocycles. The highest BCUT2D eigenvalue weighted by molar-refractivity contribution is 6.13. The van der Waals surface area contributed by atoms with Gasteiger partial charge in [-0.05, 0) is 32.5 Å². The van der Waals surface area contributed by atoms with Gasteiger partial charge in [-0.1, -0.05) is 0 Å². The van der Waals surface area contributed by atoms with Gasteiger partial charge in [-0.3, -0.25) is 4.79 Å². The Kier molecular flexibility index (Phi) is 4.45. The molecular weight excluding hydrogens is 166 g/mol. The summed E-state index contributed by atoms with van der Waals surface area (Å²) in [7, 11) is 0. The second kappa shape index (κ2) is 4.57. The Morgan fingerprint density at radius 1 is 1.55 bits per heavy atom. The topological polar surface area (TPSA) is 38.3 Å². The predicted octanol–water partition coefficient (Wildman–Crippen LogP) is 1.46. The molecule has 0 amide bonds. The first-order valence-electron chi connectivity index (χ1n) is 3.51. The minimum atomic E-state index is -0.399. The summed E-state index contributed by atoms with van der Waals surface area (Å²) >= 11 is 5.16. The van der Waals surface area contributed by atoms with Crippen LogP contribution in [0, 0.1) is 0 Å². The first-order chi connectivity index (χ1) is 4.95. The van der Waals surface area contributed by atoms with E-state index < -0.39 is 5.60 Å². The van der Waals surface area contributed by atoms with Crippen LogP contribution >= 0.6 is 11.8 Å². The molecule has 0 aromatic carbocycles. The van der Waals surface area contributed by atoms with Gasteiger partial charge < -0.3 is 4.74 Å². The van der Waals surface area contributed by atoms with Crippen LogP contribution in [0.5, 0.6) is 0 Å². The van der Waals surface area contributed by atoms with E-state index in [2.05, 4.69) is 4.84 Å². The van der Waals surface area contributed by atoms with Gasteiger partial charge in [0.25, 0.3) is 0 Å². The molecule has 0 radical (unpaired) electrons. The van der Waals surface area contributed by atoms with Crippen LogP contribution in [0.4, 0.5) is 0 Å². The molecule has 0 atom stereocenters. The molecule has 0 aromatic rings. The zero-order chi connectivity index (χ0) is 8.91. The normalized spacial score (nSPS) is 11.3. The zero-order valence-corrected chi connectivity index (χ0v) is 7.86. The maximum absolute atomic E-state index is 10.9. The fourth-order valence-corrected chi connectivity index (χ4v) is 0.636. The summed E-state index contributed by atoms with van der Waals surface area (Å²) in [4.78, 5) is 13.3. The highest BCUT2D eigenvalue weighted by Gasteiger charge is 2.15. The number of rotatable bonds is 3. The number of hydrogen-bond acceptors (Lipinski definition) is 3. The van der Waals surface area contributed by atoms with Crippen LogP contribution in [-0.2, 0) is 9.53 Å². The predicted molar refractivity (Wildman–Crippen MR) is 44.3 cm³/mol. The molecule has 0 fully saturated rings. The average molecular weight is 180 g/mol. The third-order valence-electron chi connectivity index (χ3n) is 0.844. The van der Waals surface area contributed by atoms with Gasteiger partial charge >= 0.3 is 5.97 Å². The number of carbonyl (C=O) groups is 1. The Hall–Kier alpha value is -0.280. The Bertz CT molecular complexity index is 131.